The first kappa shape index (κ1) is 10.3. The first-order valence-corrected chi connectivity index (χ1v) is 6.37. The lowest BCUT2D eigenvalue weighted by Gasteiger charge is -2.34. The Balaban J connectivity index is 1.71. The van der Waals surface area contributed by atoms with Crippen molar-refractivity contribution in [3.05, 3.63) is 35.4 Å². The van der Waals surface area contributed by atoms with Gasteiger partial charge in [0.25, 0.3) is 0 Å². The van der Waals surface area contributed by atoms with Crippen molar-refractivity contribution in [2.24, 2.45) is 0 Å². The Morgan fingerprint density at radius 2 is 1.88 bits per heavy atom. The average Bonchev–Trinajstić information content (AvgIpc) is 2.72. The van der Waals surface area contributed by atoms with Gasteiger partial charge in [0, 0.05) is 25.2 Å². The van der Waals surface area contributed by atoms with E-state index >= 15 is 0 Å². The van der Waals surface area contributed by atoms with Gasteiger partial charge in [-0.15, -0.1) is 0 Å². The molecule has 2 aliphatic heterocycles. The summed E-state index contributed by atoms with van der Waals surface area (Å²) < 4.78 is 0. The zero-order valence-corrected chi connectivity index (χ0v) is 9.95. The molecule has 0 spiro atoms. The van der Waals surface area contributed by atoms with Crippen molar-refractivity contribution in [2.75, 3.05) is 6.54 Å². The van der Waals surface area contributed by atoms with Gasteiger partial charge < -0.3 is 5.32 Å². The van der Waals surface area contributed by atoms with E-state index in [9.17, 15) is 0 Å². The van der Waals surface area contributed by atoms with Crippen LogP contribution in [-0.2, 0) is 13.1 Å². The number of hydrogen-bond donors (Lipinski definition) is 1. The minimum absolute atomic E-state index is 0.683. The number of hydrogen-bond acceptors (Lipinski definition) is 2. The summed E-state index contributed by atoms with van der Waals surface area (Å²) in [6.07, 6.45) is 2.60. The Morgan fingerprint density at radius 3 is 2.50 bits per heavy atom. The normalized spacial score (nSPS) is 30.3. The molecule has 0 radical (unpaired) electrons. The van der Waals surface area contributed by atoms with E-state index in [4.69, 9.17) is 0 Å². The molecule has 0 aliphatic carbocycles. The van der Waals surface area contributed by atoms with Crippen molar-refractivity contribution >= 4 is 0 Å². The summed E-state index contributed by atoms with van der Waals surface area (Å²) in [4.78, 5) is 2.65. The fraction of sp³-hybridized carbons (Fsp3) is 0.571. The van der Waals surface area contributed by atoms with E-state index in [1.165, 1.54) is 30.5 Å². The van der Waals surface area contributed by atoms with E-state index in [-0.39, 0.29) is 0 Å². The predicted octanol–water partition coefficient (Wildman–Crippen LogP) is 2.14. The third-order valence-electron chi connectivity index (χ3n) is 3.98. The summed E-state index contributed by atoms with van der Waals surface area (Å²) in [5, 5.41) is 3.53. The van der Waals surface area contributed by atoms with Gasteiger partial charge in [0.15, 0.2) is 0 Å². The van der Waals surface area contributed by atoms with Gasteiger partial charge in [-0.2, -0.15) is 0 Å². The highest BCUT2D eigenvalue weighted by atomic mass is 15.2. The molecule has 2 unspecified atom stereocenters. The van der Waals surface area contributed by atoms with Crippen molar-refractivity contribution in [1.82, 2.24) is 10.2 Å². The molecule has 2 atom stereocenters. The van der Waals surface area contributed by atoms with E-state index in [0.29, 0.717) is 6.04 Å². The van der Waals surface area contributed by atoms with Gasteiger partial charge in [0.05, 0.1) is 0 Å². The number of piperidine rings is 1. The zero-order valence-electron chi connectivity index (χ0n) is 9.95. The van der Waals surface area contributed by atoms with Crippen LogP contribution in [0.4, 0.5) is 0 Å². The highest BCUT2D eigenvalue weighted by Gasteiger charge is 2.28. The maximum atomic E-state index is 3.53. The van der Waals surface area contributed by atoms with Crippen molar-refractivity contribution in [1.29, 1.82) is 0 Å². The maximum absolute atomic E-state index is 3.53. The molecule has 2 heterocycles. The van der Waals surface area contributed by atoms with Crippen molar-refractivity contribution in [2.45, 2.75) is 44.9 Å². The van der Waals surface area contributed by atoms with E-state index in [0.717, 1.165) is 19.1 Å². The summed E-state index contributed by atoms with van der Waals surface area (Å²) in [5.41, 5.74) is 3.07. The molecule has 1 fully saturated rings. The van der Waals surface area contributed by atoms with Crippen LogP contribution in [0.2, 0.25) is 0 Å². The SMILES string of the molecule is CC1CC(N2Cc3ccccc3C2)CCN1. The highest BCUT2D eigenvalue weighted by molar-refractivity contribution is 5.30. The van der Waals surface area contributed by atoms with Crippen LogP contribution in [0.1, 0.15) is 30.9 Å². The number of rotatable bonds is 1. The Bertz CT molecular complexity index is 350. The average molecular weight is 216 g/mol. The van der Waals surface area contributed by atoms with Crippen LogP contribution in [0, 0.1) is 0 Å². The topological polar surface area (TPSA) is 15.3 Å². The van der Waals surface area contributed by atoms with Gasteiger partial charge in [-0.1, -0.05) is 24.3 Å². The lowest BCUT2D eigenvalue weighted by atomic mass is 9.99. The Kier molecular flexibility index (Phi) is 2.70. The summed E-state index contributed by atoms with van der Waals surface area (Å²) in [6.45, 7) is 5.80. The molecule has 1 aromatic rings. The van der Waals surface area contributed by atoms with Crippen molar-refractivity contribution in [3.63, 3.8) is 0 Å². The first-order chi connectivity index (χ1) is 7.83. The molecule has 16 heavy (non-hydrogen) atoms. The molecule has 1 saturated heterocycles. The molecule has 0 amide bonds. The number of benzene rings is 1. The van der Waals surface area contributed by atoms with Gasteiger partial charge in [0.1, 0.15) is 0 Å². The monoisotopic (exact) mass is 216 g/mol. The van der Waals surface area contributed by atoms with Gasteiger partial charge in [-0.25, -0.2) is 0 Å². The molecule has 2 aliphatic rings. The molecule has 0 saturated carbocycles. The van der Waals surface area contributed by atoms with Crippen molar-refractivity contribution < 1.29 is 0 Å². The predicted molar refractivity (Wildman–Crippen MR) is 66.2 cm³/mol. The molecule has 1 N–H and O–H groups in total. The minimum atomic E-state index is 0.683. The Hall–Kier alpha value is -0.860. The number of nitrogens with one attached hydrogen (secondary N) is 1. The molecule has 3 rings (SSSR count). The van der Waals surface area contributed by atoms with Crippen LogP contribution in [0.3, 0.4) is 0 Å². The largest absolute Gasteiger partial charge is 0.314 e. The maximum Gasteiger partial charge on any atom is 0.0243 e. The van der Waals surface area contributed by atoms with E-state index in [1.54, 1.807) is 0 Å². The third kappa shape index (κ3) is 1.87. The summed E-state index contributed by atoms with van der Waals surface area (Å²) >= 11 is 0. The van der Waals surface area contributed by atoms with Crippen LogP contribution in [-0.4, -0.2) is 23.5 Å². The second-order valence-electron chi connectivity index (χ2n) is 5.21. The third-order valence-corrected chi connectivity index (χ3v) is 3.98. The standard InChI is InChI=1S/C14H20N2/c1-11-8-14(6-7-15-11)16-9-12-4-2-3-5-13(12)10-16/h2-5,11,14-15H,6-10H2,1H3. The Labute approximate surface area is 97.6 Å². The molecular weight excluding hydrogens is 196 g/mol. The highest BCUT2D eigenvalue weighted by Crippen LogP contribution is 2.27. The second kappa shape index (κ2) is 4.19. The van der Waals surface area contributed by atoms with Crippen LogP contribution in [0.5, 0.6) is 0 Å². The molecular formula is C14H20N2. The van der Waals surface area contributed by atoms with E-state index < -0.39 is 0 Å². The number of fused-ring (bicyclic) bond motifs is 1. The summed E-state index contributed by atoms with van der Waals surface area (Å²) in [7, 11) is 0. The van der Waals surface area contributed by atoms with Gasteiger partial charge in [0.2, 0.25) is 0 Å². The van der Waals surface area contributed by atoms with Gasteiger partial charge >= 0.3 is 0 Å². The molecule has 0 bridgehead atoms. The smallest absolute Gasteiger partial charge is 0.0243 e. The lowest BCUT2D eigenvalue weighted by Crippen LogP contribution is -2.45. The first-order valence-electron chi connectivity index (χ1n) is 6.37. The zero-order chi connectivity index (χ0) is 11.0. The van der Waals surface area contributed by atoms with Crippen LogP contribution >= 0.6 is 0 Å². The van der Waals surface area contributed by atoms with Crippen LogP contribution < -0.4 is 5.32 Å². The second-order valence-corrected chi connectivity index (χ2v) is 5.21. The fourth-order valence-electron chi connectivity index (χ4n) is 3.05. The minimum Gasteiger partial charge on any atom is -0.314 e. The van der Waals surface area contributed by atoms with Crippen molar-refractivity contribution in [3.8, 4) is 0 Å². The molecule has 2 nitrogen and oxygen atoms in total. The molecule has 1 aromatic carbocycles. The fourth-order valence-corrected chi connectivity index (χ4v) is 3.05. The molecule has 0 aromatic heterocycles. The molecule has 2 heteroatoms. The van der Waals surface area contributed by atoms with E-state index in [1.807, 2.05) is 0 Å². The summed E-state index contributed by atoms with van der Waals surface area (Å²) in [6, 6.07) is 10.3. The van der Waals surface area contributed by atoms with Gasteiger partial charge in [-0.05, 0) is 37.4 Å². The van der Waals surface area contributed by atoms with E-state index in [2.05, 4.69) is 41.4 Å². The van der Waals surface area contributed by atoms with Crippen LogP contribution in [0.15, 0.2) is 24.3 Å². The molecule has 86 valence electrons. The Morgan fingerprint density at radius 1 is 1.19 bits per heavy atom. The summed E-state index contributed by atoms with van der Waals surface area (Å²) in [5.74, 6) is 0. The van der Waals surface area contributed by atoms with Gasteiger partial charge in [-0.3, -0.25) is 4.90 Å². The lowest BCUT2D eigenvalue weighted by molar-refractivity contribution is 0.147. The number of nitrogens with zero attached hydrogens (tertiary/aromatic N) is 1. The quantitative estimate of drug-likeness (QED) is 0.773. The van der Waals surface area contributed by atoms with Crippen LogP contribution in [0.25, 0.3) is 0 Å².